The summed E-state index contributed by atoms with van der Waals surface area (Å²) in [6, 6.07) is -0.295. The number of aliphatic hydroxyl groups excluding tert-OH is 1. The minimum absolute atomic E-state index is 0.0363. The highest BCUT2D eigenvalue weighted by Gasteiger charge is 2.24. The summed E-state index contributed by atoms with van der Waals surface area (Å²) in [7, 11) is 1.82. The van der Waals surface area contributed by atoms with Crippen LogP contribution in [0, 0.1) is 0 Å². The Morgan fingerprint density at radius 2 is 2.21 bits per heavy atom. The molecule has 0 aliphatic rings. The van der Waals surface area contributed by atoms with Gasteiger partial charge in [0.25, 0.3) is 5.91 Å². The topological polar surface area (TPSA) is 78.6 Å². The zero-order valence-corrected chi connectivity index (χ0v) is 9.16. The summed E-state index contributed by atoms with van der Waals surface area (Å²) < 4.78 is 0. The molecule has 0 rings (SSSR count). The van der Waals surface area contributed by atoms with E-state index in [0.29, 0.717) is 0 Å². The van der Waals surface area contributed by atoms with Crippen LogP contribution in [0.4, 0.5) is 0 Å². The van der Waals surface area contributed by atoms with E-state index >= 15 is 0 Å². The maximum atomic E-state index is 11.4. The number of amides is 1. The molecule has 5 nitrogen and oxygen atoms in total. The van der Waals surface area contributed by atoms with E-state index < -0.39 is 0 Å². The second kappa shape index (κ2) is 6.75. The quantitative estimate of drug-likeness (QED) is 0.308. The third kappa shape index (κ3) is 3.61. The van der Waals surface area contributed by atoms with E-state index in [1.807, 2.05) is 25.8 Å². The normalized spacial score (nSPS) is 15.3. The fourth-order valence-corrected chi connectivity index (χ4v) is 1.33. The maximum absolute atomic E-state index is 11.4. The third-order valence-corrected chi connectivity index (χ3v) is 2.46. The number of nitrogens with zero attached hydrogens (tertiary/aromatic N) is 1. The smallest absolute Gasteiger partial charge is 0.251 e. The number of nitrogens with one attached hydrogen (secondary N) is 1. The van der Waals surface area contributed by atoms with Crippen molar-refractivity contribution in [1.29, 1.82) is 0 Å². The molecule has 0 saturated heterocycles. The highest BCUT2D eigenvalue weighted by atomic mass is 16.3. The number of carbonyl (C=O) groups excluding carboxylic acids is 1. The van der Waals surface area contributed by atoms with Crippen LogP contribution in [0.25, 0.3) is 0 Å². The lowest BCUT2D eigenvalue weighted by molar-refractivity contribution is -0.127. The number of likely N-dealkylation sites (N-methyl/N-ethyl adjacent to an activating group) is 1. The summed E-state index contributed by atoms with van der Waals surface area (Å²) in [6.07, 6.45) is 1.64. The first kappa shape index (κ1) is 13.4. The van der Waals surface area contributed by atoms with Crippen molar-refractivity contribution in [3.05, 3.63) is 0 Å². The van der Waals surface area contributed by atoms with Crippen molar-refractivity contribution >= 4 is 5.91 Å². The summed E-state index contributed by atoms with van der Waals surface area (Å²) in [5.41, 5.74) is 2.15. The van der Waals surface area contributed by atoms with Crippen molar-refractivity contribution in [2.75, 3.05) is 13.7 Å². The van der Waals surface area contributed by atoms with Crippen LogP contribution < -0.4 is 11.3 Å². The van der Waals surface area contributed by atoms with E-state index in [2.05, 4.69) is 5.43 Å². The van der Waals surface area contributed by atoms with Crippen LogP contribution >= 0.6 is 0 Å². The molecule has 1 amide bonds. The third-order valence-electron chi connectivity index (χ3n) is 2.46. The predicted molar refractivity (Wildman–Crippen MR) is 55.3 cm³/mol. The van der Waals surface area contributed by atoms with Crippen molar-refractivity contribution < 1.29 is 9.90 Å². The Labute approximate surface area is 85.2 Å². The number of nitrogens with two attached hydrogens (primary N) is 1. The first-order valence-corrected chi connectivity index (χ1v) is 4.91. The fourth-order valence-electron chi connectivity index (χ4n) is 1.33. The molecule has 4 N–H and O–H groups in total. The highest BCUT2D eigenvalue weighted by Crippen LogP contribution is 2.08. The monoisotopic (exact) mass is 203 g/mol. The van der Waals surface area contributed by atoms with Gasteiger partial charge in [-0.15, -0.1) is 0 Å². The van der Waals surface area contributed by atoms with Crippen molar-refractivity contribution in [2.45, 2.75) is 38.8 Å². The number of hydrazine groups is 1. The number of carbonyl (C=O) groups is 1. The van der Waals surface area contributed by atoms with Crippen LogP contribution in [0.3, 0.4) is 0 Å². The maximum Gasteiger partial charge on any atom is 0.251 e. The first-order chi connectivity index (χ1) is 6.58. The van der Waals surface area contributed by atoms with Crippen LogP contribution in [0.1, 0.15) is 26.7 Å². The fraction of sp³-hybridized carbons (Fsp3) is 0.889. The van der Waals surface area contributed by atoms with E-state index in [9.17, 15) is 4.79 Å². The van der Waals surface area contributed by atoms with Gasteiger partial charge in [-0.1, -0.05) is 13.3 Å². The number of hydrogen-bond donors (Lipinski definition) is 3. The molecular formula is C9H21N3O2. The molecule has 0 radical (unpaired) electrons. The minimum Gasteiger partial charge on any atom is -0.395 e. The summed E-state index contributed by atoms with van der Waals surface area (Å²) in [5, 5.41) is 8.97. The number of rotatable bonds is 6. The molecule has 0 aromatic rings. The molecule has 14 heavy (non-hydrogen) atoms. The first-order valence-electron chi connectivity index (χ1n) is 4.91. The lowest BCUT2D eigenvalue weighted by Crippen LogP contribution is -2.51. The molecule has 0 heterocycles. The van der Waals surface area contributed by atoms with Gasteiger partial charge in [-0.05, 0) is 20.4 Å². The van der Waals surface area contributed by atoms with E-state index in [4.69, 9.17) is 10.9 Å². The molecule has 0 aromatic carbocycles. The molecule has 0 spiro atoms. The lowest BCUT2D eigenvalue weighted by atomic mass is 10.1. The Morgan fingerprint density at radius 3 is 2.57 bits per heavy atom. The largest absolute Gasteiger partial charge is 0.395 e. The van der Waals surface area contributed by atoms with Crippen LogP contribution in [0.2, 0.25) is 0 Å². The van der Waals surface area contributed by atoms with E-state index in [1.54, 1.807) is 0 Å². The molecule has 0 aliphatic carbocycles. The van der Waals surface area contributed by atoms with Gasteiger partial charge in [0, 0.05) is 6.04 Å². The average Bonchev–Trinajstić information content (AvgIpc) is 2.22. The summed E-state index contributed by atoms with van der Waals surface area (Å²) >= 11 is 0. The van der Waals surface area contributed by atoms with Crippen molar-refractivity contribution in [3.8, 4) is 0 Å². The second-order valence-electron chi connectivity index (χ2n) is 3.51. The molecule has 0 bridgehead atoms. The van der Waals surface area contributed by atoms with Gasteiger partial charge in [-0.3, -0.25) is 15.1 Å². The van der Waals surface area contributed by atoms with Crippen LogP contribution in [-0.4, -0.2) is 41.7 Å². The summed E-state index contributed by atoms with van der Waals surface area (Å²) in [5.74, 6) is 4.89. The predicted octanol–water partition coefficient (Wildman–Crippen LogP) is -0.542. The standard InChI is InChI=1S/C9H21N3O2/c1-4-5-8(9(14)11-10)12(3)7(2)6-13/h7-8,13H,4-6,10H2,1-3H3,(H,11,14). The second-order valence-corrected chi connectivity index (χ2v) is 3.51. The Hall–Kier alpha value is -0.650. The van der Waals surface area contributed by atoms with Gasteiger partial charge in [0.05, 0.1) is 12.6 Å². The van der Waals surface area contributed by atoms with Crippen molar-refractivity contribution in [1.82, 2.24) is 10.3 Å². The van der Waals surface area contributed by atoms with Gasteiger partial charge < -0.3 is 5.11 Å². The van der Waals surface area contributed by atoms with E-state index in [-0.39, 0.29) is 24.6 Å². The Kier molecular flexibility index (Phi) is 6.44. The number of hydrogen-bond acceptors (Lipinski definition) is 4. The summed E-state index contributed by atoms with van der Waals surface area (Å²) in [4.78, 5) is 13.2. The van der Waals surface area contributed by atoms with Crippen LogP contribution in [0.5, 0.6) is 0 Å². The van der Waals surface area contributed by atoms with Crippen LogP contribution in [-0.2, 0) is 4.79 Å². The molecule has 5 heteroatoms. The Balaban J connectivity index is 4.39. The molecule has 0 saturated carbocycles. The number of aliphatic hydroxyl groups is 1. The Morgan fingerprint density at radius 1 is 1.64 bits per heavy atom. The van der Waals surface area contributed by atoms with Crippen molar-refractivity contribution in [2.24, 2.45) is 5.84 Å². The van der Waals surface area contributed by atoms with E-state index in [0.717, 1.165) is 12.8 Å². The van der Waals surface area contributed by atoms with E-state index in [1.165, 1.54) is 0 Å². The van der Waals surface area contributed by atoms with Gasteiger partial charge in [-0.2, -0.15) is 0 Å². The molecule has 0 fully saturated rings. The zero-order chi connectivity index (χ0) is 11.1. The van der Waals surface area contributed by atoms with Gasteiger partial charge in [0.15, 0.2) is 0 Å². The van der Waals surface area contributed by atoms with Gasteiger partial charge >= 0.3 is 0 Å². The van der Waals surface area contributed by atoms with Crippen molar-refractivity contribution in [3.63, 3.8) is 0 Å². The molecular weight excluding hydrogens is 182 g/mol. The molecule has 0 aromatic heterocycles. The SMILES string of the molecule is CCCC(C(=O)NN)N(C)C(C)CO. The average molecular weight is 203 g/mol. The van der Waals surface area contributed by atoms with Gasteiger partial charge in [0.2, 0.25) is 0 Å². The highest BCUT2D eigenvalue weighted by molar-refractivity contribution is 5.81. The minimum atomic E-state index is -0.257. The summed E-state index contributed by atoms with van der Waals surface area (Å²) in [6.45, 7) is 3.91. The van der Waals surface area contributed by atoms with Crippen LogP contribution in [0.15, 0.2) is 0 Å². The Bertz CT molecular complexity index is 175. The zero-order valence-electron chi connectivity index (χ0n) is 9.16. The molecule has 2 unspecified atom stereocenters. The molecule has 2 atom stereocenters. The lowest BCUT2D eigenvalue weighted by Gasteiger charge is -2.30. The molecule has 84 valence electrons. The van der Waals surface area contributed by atoms with Gasteiger partial charge in [-0.25, -0.2) is 5.84 Å². The molecule has 0 aliphatic heterocycles. The van der Waals surface area contributed by atoms with Gasteiger partial charge in [0.1, 0.15) is 0 Å².